The van der Waals surface area contributed by atoms with E-state index in [0.717, 1.165) is 19.6 Å². The van der Waals surface area contributed by atoms with Gasteiger partial charge in [0, 0.05) is 24.2 Å². The Labute approximate surface area is 136 Å². The summed E-state index contributed by atoms with van der Waals surface area (Å²) in [6.07, 6.45) is 1.99. The molecule has 0 atom stereocenters. The summed E-state index contributed by atoms with van der Waals surface area (Å²) in [5.41, 5.74) is 0.396. The van der Waals surface area contributed by atoms with Crippen molar-refractivity contribution in [3.63, 3.8) is 0 Å². The molecule has 2 rings (SSSR count). The summed E-state index contributed by atoms with van der Waals surface area (Å²) >= 11 is 1.34. The maximum Gasteiger partial charge on any atom is 0.331 e. The smallest absolute Gasteiger partial charge is 0.315 e. The molecule has 0 radical (unpaired) electrons. The number of nitrogens with one attached hydrogen (secondary N) is 1. The van der Waals surface area contributed by atoms with Crippen LogP contribution in [0.2, 0.25) is 0 Å². The Hall–Kier alpha value is -2.66. The zero-order valence-electron chi connectivity index (χ0n) is 13.0. The second-order valence-electron chi connectivity index (χ2n) is 4.98. The van der Waals surface area contributed by atoms with Gasteiger partial charge in [-0.15, -0.1) is 11.3 Å². The largest absolute Gasteiger partial charge is 0.331 e. The number of carbonyl (C=O) groups is 1. The second-order valence-corrected chi connectivity index (χ2v) is 6.20. The van der Waals surface area contributed by atoms with Crippen LogP contribution in [0.25, 0.3) is 0 Å². The van der Waals surface area contributed by atoms with Crippen molar-refractivity contribution in [1.29, 1.82) is 5.26 Å². The monoisotopic (exact) mass is 332 g/mol. The Morgan fingerprint density at radius 3 is 2.74 bits per heavy atom. The van der Waals surface area contributed by atoms with Crippen molar-refractivity contribution in [2.24, 2.45) is 7.05 Å². The van der Waals surface area contributed by atoms with Gasteiger partial charge < -0.3 is 5.32 Å². The average Bonchev–Trinajstić information content (AvgIpc) is 2.82. The fourth-order valence-corrected chi connectivity index (χ4v) is 3.38. The number of rotatable bonds is 4. The molecule has 120 valence electrons. The molecule has 1 amide bonds. The lowest BCUT2D eigenvalue weighted by molar-refractivity contribution is -0.116. The highest BCUT2D eigenvalue weighted by molar-refractivity contribution is 7.16. The quantitative estimate of drug-likeness (QED) is 0.903. The van der Waals surface area contributed by atoms with Crippen LogP contribution in [0.1, 0.15) is 22.9 Å². The number of thiophene rings is 1. The zero-order valence-corrected chi connectivity index (χ0v) is 13.9. The predicted octanol–water partition coefficient (Wildman–Crippen LogP) is 0.990. The number of anilines is 1. The summed E-state index contributed by atoms with van der Waals surface area (Å²) in [5.74, 6) is -0.425. The van der Waals surface area contributed by atoms with Gasteiger partial charge in [-0.25, -0.2) is 4.79 Å². The van der Waals surface area contributed by atoms with Crippen molar-refractivity contribution in [2.45, 2.75) is 26.8 Å². The van der Waals surface area contributed by atoms with Crippen LogP contribution in [0, 0.1) is 18.3 Å². The molecule has 2 aromatic heterocycles. The van der Waals surface area contributed by atoms with Gasteiger partial charge in [0.2, 0.25) is 5.91 Å². The van der Waals surface area contributed by atoms with Gasteiger partial charge in [-0.1, -0.05) is 6.92 Å². The van der Waals surface area contributed by atoms with Gasteiger partial charge in [0.1, 0.15) is 17.6 Å². The highest BCUT2D eigenvalue weighted by Gasteiger charge is 2.16. The molecule has 7 nitrogen and oxygen atoms in total. The number of hydrogen-bond acceptors (Lipinski definition) is 5. The Balaban J connectivity index is 2.25. The van der Waals surface area contributed by atoms with E-state index in [0.29, 0.717) is 17.0 Å². The maximum atomic E-state index is 12.1. The van der Waals surface area contributed by atoms with E-state index in [2.05, 4.69) is 11.4 Å². The molecule has 2 heterocycles. The van der Waals surface area contributed by atoms with E-state index in [-0.39, 0.29) is 6.54 Å². The maximum absolute atomic E-state index is 12.1. The summed E-state index contributed by atoms with van der Waals surface area (Å²) in [4.78, 5) is 36.4. The first-order valence-electron chi connectivity index (χ1n) is 6.97. The molecule has 0 aliphatic heterocycles. The van der Waals surface area contributed by atoms with E-state index in [1.54, 1.807) is 0 Å². The number of nitrogens with zero attached hydrogens (tertiary/aromatic N) is 3. The van der Waals surface area contributed by atoms with Gasteiger partial charge in [-0.05, 0) is 18.9 Å². The first-order valence-corrected chi connectivity index (χ1v) is 7.79. The normalized spacial score (nSPS) is 10.3. The van der Waals surface area contributed by atoms with Crippen LogP contribution in [-0.4, -0.2) is 15.0 Å². The standard InChI is InChI=1S/C15H16N4O3S/c1-4-10-9(2)23-14(11(10)7-16)17-12(20)8-19-6-5-13(21)18(3)15(19)22/h5-6H,4,8H2,1-3H3,(H,17,20). The Kier molecular flexibility index (Phi) is 4.81. The van der Waals surface area contributed by atoms with Gasteiger partial charge in [-0.2, -0.15) is 5.26 Å². The fourth-order valence-electron chi connectivity index (χ4n) is 2.27. The number of aryl methyl sites for hydroxylation is 1. The first-order chi connectivity index (χ1) is 10.9. The lowest BCUT2D eigenvalue weighted by Crippen LogP contribution is -2.38. The fraction of sp³-hybridized carbons (Fsp3) is 0.333. The number of carbonyl (C=O) groups excluding carboxylic acids is 1. The molecule has 8 heteroatoms. The van der Waals surface area contributed by atoms with Gasteiger partial charge in [0.25, 0.3) is 5.56 Å². The number of hydrogen-bond donors (Lipinski definition) is 1. The molecule has 0 saturated heterocycles. The van der Waals surface area contributed by atoms with Crippen LogP contribution in [0.3, 0.4) is 0 Å². The second kappa shape index (κ2) is 6.62. The van der Waals surface area contributed by atoms with Gasteiger partial charge in [0.05, 0.1) is 5.56 Å². The third-order valence-corrected chi connectivity index (χ3v) is 4.56. The summed E-state index contributed by atoms with van der Waals surface area (Å²) in [5, 5.41) is 12.4. The van der Waals surface area contributed by atoms with Gasteiger partial charge in [0.15, 0.2) is 0 Å². The highest BCUT2D eigenvalue weighted by Crippen LogP contribution is 2.32. The molecular weight excluding hydrogens is 316 g/mol. The molecule has 23 heavy (non-hydrogen) atoms. The first kappa shape index (κ1) is 16.7. The van der Waals surface area contributed by atoms with Crippen LogP contribution in [0.5, 0.6) is 0 Å². The predicted molar refractivity (Wildman–Crippen MR) is 87.7 cm³/mol. The average molecular weight is 332 g/mol. The highest BCUT2D eigenvalue weighted by atomic mass is 32.1. The van der Waals surface area contributed by atoms with E-state index < -0.39 is 17.2 Å². The van der Waals surface area contributed by atoms with Crippen molar-refractivity contribution in [3.05, 3.63) is 49.1 Å². The molecule has 0 unspecified atom stereocenters. The van der Waals surface area contributed by atoms with Crippen LogP contribution in [-0.2, 0) is 24.8 Å². The van der Waals surface area contributed by atoms with E-state index in [1.807, 2.05) is 13.8 Å². The lowest BCUT2D eigenvalue weighted by Gasteiger charge is -2.07. The third-order valence-electron chi connectivity index (χ3n) is 3.50. The molecule has 0 spiro atoms. The molecule has 0 aliphatic carbocycles. The molecule has 0 saturated carbocycles. The number of aromatic nitrogens is 2. The van der Waals surface area contributed by atoms with Crippen molar-refractivity contribution in [3.8, 4) is 6.07 Å². The van der Waals surface area contributed by atoms with Crippen molar-refractivity contribution >= 4 is 22.2 Å². The molecule has 0 aromatic carbocycles. The summed E-state index contributed by atoms with van der Waals surface area (Å²) < 4.78 is 2.07. The Morgan fingerprint density at radius 1 is 1.43 bits per heavy atom. The summed E-state index contributed by atoms with van der Waals surface area (Å²) in [7, 11) is 1.35. The Morgan fingerprint density at radius 2 is 2.13 bits per heavy atom. The molecular formula is C15H16N4O3S. The number of amides is 1. The van der Waals surface area contributed by atoms with E-state index >= 15 is 0 Å². The summed E-state index contributed by atoms with van der Waals surface area (Å²) in [6, 6.07) is 3.34. The topological polar surface area (TPSA) is 96.9 Å². The van der Waals surface area contributed by atoms with Crippen LogP contribution >= 0.6 is 11.3 Å². The molecule has 2 aromatic rings. The lowest BCUT2D eigenvalue weighted by atomic mass is 10.1. The minimum Gasteiger partial charge on any atom is -0.315 e. The Bertz CT molecular complexity index is 914. The third kappa shape index (κ3) is 3.24. The van der Waals surface area contributed by atoms with Crippen molar-refractivity contribution < 1.29 is 4.79 Å². The van der Waals surface area contributed by atoms with Gasteiger partial charge in [-0.3, -0.25) is 18.7 Å². The van der Waals surface area contributed by atoms with Crippen LogP contribution in [0.4, 0.5) is 5.00 Å². The minimum absolute atomic E-state index is 0.226. The van der Waals surface area contributed by atoms with Crippen LogP contribution < -0.4 is 16.6 Å². The molecule has 0 aliphatic rings. The summed E-state index contributed by atoms with van der Waals surface area (Å²) in [6.45, 7) is 3.62. The van der Waals surface area contributed by atoms with E-state index in [1.165, 1.54) is 30.6 Å². The van der Waals surface area contributed by atoms with Crippen molar-refractivity contribution in [2.75, 3.05) is 5.32 Å². The number of nitriles is 1. The molecule has 0 bridgehead atoms. The van der Waals surface area contributed by atoms with Crippen molar-refractivity contribution in [1.82, 2.24) is 9.13 Å². The molecule has 0 fully saturated rings. The van der Waals surface area contributed by atoms with Crippen LogP contribution in [0.15, 0.2) is 21.9 Å². The SMILES string of the molecule is CCc1c(C)sc(NC(=O)Cn2ccc(=O)n(C)c2=O)c1C#N. The molecule has 1 N–H and O–H groups in total. The van der Waals surface area contributed by atoms with Gasteiger partial charge >= 0.3 is 5.69 Å². The van der Waals surface area contributed by atoms with E-state index in [4.69, 9.17) is 0 Å². The van der Waals surface area contributed by atoms with E-state index in [9.17, 15) is 19.6 Å². The zero-order chi connectivity index (χ0) is 17.1. The minimum atomic E-state index is -0.565.